The maximum absolute atomic E-state index is 12.4. The third kappa shape index (κ3) is 4.64. The van der Waals surface area contributed by atoms with Crippen LogP contribution >= 0.6 is 0 Å². The third-order valence-corrected chi connectivity index (χ3v) is 6.29. The minimum Gasteiger partial charge on any atom is -0.506 e. The van der Waals surface area contributed by atoms with E-state index < -0.39 is 0 Å². The number of nitrogens with zero attached hydrogens (tertiary/aromatic N) is 4. The highest BCUT2D eigenvalue weighted by molar-refractivity contribution is 5.77. The molecule has 2 N–H and O–H groups in total. The summed E-state index contributed by atoms with van der Waals surface area (Å²) in [5.41, 5.74) is 2.20. The number of hydrogen-bond acceptors (Lipinski definition) is 6. The van der Waals surface area contributed by atoms with Gasteiger partial charge in [0.05, 0.1) is 12.3 Å². The zero-order valence-corrected chi connectivity index (χ0v) is 17.4. The first-order chi connectivity index (χ1) is 13.3. The molecule has 28 heavy (non-hydrogen) atoms. The van der Waals surface area contributed by atoms with Crippen molar-refractivity contribution in [2.24, 2.45) is 5.41 Å². The van der Waals surface area contributed by atoms with E-state index in [1.54, 1.807) is 13.1 Å². The molecule has 2 aliphatic rings. The second-order valence-corrected chi connectivity index (χ2v) is 8.79. The van der Waals surface area contributed by atoms with Gasteiger partial charge in [0.25, 0.3) is 0 Å². The molecule has 2 saturated heterocycles. The van der Waals surface area contributed by atoms with Crippen molar-refractivity contribution in [3.8, 4) is 5.75 Å². The number of rotatable bonds is 6. The fourth-order valence-electron chi connectivity index (χ4n) is 4.63. The molecule has 7 heteroatoms. The summed E-state index contributed by atoms with van der Waals surface area (Å²) in [5.74, 6) is 0.465. The average Bonchev–Trinajstić information content (AvgIpc) is 2.67. The molecule has 1 aromatic rings. The Balaban J connectivity index is 1.72. The lowest BCUT2D eigenvalue weighted by Crippen LogP contribution is -2.54. The molecule has 1 amide bonds. The summed E-state index contributed by atoms with van der Waals surface area (Å²) in [6, 6.07) is 0. The fourth-order valence-corrected chi connectivity index (χ4v) is 4.63. The Labute approximate surface area is 168 Å². The highest BCUT2D eigenvalue weighted by atomic mass is 16.3. The molecule has 1 atom stereocenters. The SMILES string of the molecule is Cc1ncc(CO)c(CN2CCCC3(CCC(=O)N(CCN(C)C)C3)C2)c1O. The Hall–Kier alpha value is -1.70. The molecule has 1 unspecified atom stereocenters. The minimum absolute atomic E-state index is 0.123. The molecule has 2 fully saturated rings. The number of carbonyl (C=O) groups excluding carboxylic acids is 1. The first kappa shape index (κ1) is 21.0. The van der Waals surface area contributed by atoms with E-state index >= 15 is 0 Å². The number of piperidine rings is 2. The van der Waals surface area contributed by atoms with Crippen LogP contribution in [0.15, 0.2) is 6.20 Å². The van der Waals surface area contributed by atoms with E-state index in [9.17, 15) is 15.0 Å². The Morgan fingerprint density at radius 1 is 1.29 bits per heavy atom. The Morgan fingerprint density at radius 2 is 2.07 bits per heavy atom. The van der Waals surface area contributed by atoms with Crippen LogP contribution in [0.5, 0.6) is 5.75 Å². The number of pyridine rings is 1. The number of amides is 1. The Bertz CT molecular complexity index is 709. The van der Waals surface area contributed by atoms with Gasteiger partial charge in [-0.15, -0.1) is 0 Å². The second kappa shape index (κ2) is 8.76. The minimum atomic E-state index is -0.123. The smallest absolute Gasteiger partial charge is 0.222 e. The third-order valence-electron chi connectivity index (χ3n) is 6.29. The standard InChI is InChI=1S/C21H34N4O3/c1-16-20(28)18(17(13-26)11-22-16)12-24-8-4-6-21(14-24)7-5-19(27)25(15-21)10-9-23(2)3/h11,26,28H,4-10,12-15H2,1-3H3. The summed E-state index contributed by atoms with van der Waals surface area (Å²) in [6.07, 6.45) is 5.46. The number of hydrogen-bond donors (Lipinski definition) is 2. The molecule has 1 aromatic heterocycles. The molecular weight excluding hydrogens is 356 g/mol. The van der Waals surface area contributed by atoms with Crippen molar-refractivity contribution in [2.75, 3.05) is 46.8 Å². The maximum Gasteiger partial charge on any atom is 0.222 e. The first-order valence-electron chi connectivity index (χ1n) is 10.3. The molecule has 0 radical (unpaired) electrons. The maximum atomic E-state index is 12.4. The number of aromatic nitrogens is 1. The molecule has 7 nitrogen and oxygen atoms in total. The molecule has 156 valence electrons. The number of likely N-dealkylation sites (tertiary alicyclic amines) is 2. The molecule has 0 aromatic carbocycles. The number of aliphatic hydroxyl groups excluding tert-OH is 1. The highest BCUT2D eigenvalue weighted by Gasteiger charge is 2.41. The van der Waals surface area contributed by atoms with Crippen molar-refractivity contribution in [2.45, 2.75) is 45.8 Å². The van der Waals surface area contributed by atoms with E-state index in [2.05, 4.69) is 14.8 Å². The van der Waals surface area contributed by atoms with Crippen LogP contribution in [-0.2, 0) is 17.9 Å². The normalized spacial score (nSPS) is 23.8. The van der Waals surface area contributed by atoms with E-state index in [0.29, 0.717) is 24.2 Å². The molecule has 3 heterocycles. The van der Waals surface area contributed by atoms with Gasteiger partial charge in [0.15, 0.2) is 0 Å². The monoisotopic (exact) mass is 390 g/mol. The van der Waals surface area contributed by atoms with E-state index in [4.69, 9.17) is 0 Å². The van der Waals surface area contributed by atoms with Crippen molar-refractivity contribution >= 4 is 5.91 Å². The summed E-state index contributed by atoms with van der Waals surface area (Å²) < 4.78 is 0. The zero-order valence-electron chi connectivity index (χ0n) is 17.4. The van der Waals surface area contributed by atoms with E-state index in [1.807, 2.05) is 19.0 Å². The second-order valence-electron chi connectivity index (χ2n) is 8.79. The average molecular weight is 391 g/mol. The molecule has 0 saturated carbocycles. The molecule has 2 aliphatic heterocycles. The van der Waals surface area contributed by atoms with Crippen molar-refractivity contribution in [3.63, 3.8) is 0 Å². The Kier molecular flexibility index (Phi) is 6.58. The highest BCUT2D eigenvalue weighted by Crippen LogP contribution is 2.40. The first-order valence-corrected chi connectivity index (χ1v) is 10.3. The van der Waals surface area contributed by atoms with Gasteiger partial charge in [0.1, 0.15) is 5.75 Å². The summed E-state index contributed by atoms with van der Waals surface area (Å²) in [5, 5.41) is 20.1. The Morgan fingerprint density at radius 3 is 2.79 bits per heavy atom. The van der Waals surface area contributed by atoms with Gasteiger partial charge in [-0.2, -0.15) is 0 Å². The van der Waals surface area contributed by atoms with Crippen LogP contribution in [0.2, 0.25) is 0 Å². The summed E-state index contributed by atoms with van der Waals surface area (Å²) in [4.78, 5) is 23.1. The van der Waals surface area contributed by atoms with Gasteiger partial charge >= 0.3 is 0 Å². The number of aromatic hydroxyl groups is 1. The van der Waals surface area contributed by atoms with Crippen LogP contribution in [0.4, 0.5) is 0 Å². The molecule has 0 bridgehead atoms. The summed E-state index contributed by atoms with van der Waals surface area (Å²) >= 11 is 0. The topological polar surface area (TPSA) is 80.1 Å². The van der Waals surface area contributed by atoms with Crippen LogP contribution in [0, 0.1) is 12.3 Å². The molecule has 0 aliphatic carbocycles. The quantitative estimate of drug-likeness (QED) is 0.763. The van der Waals surface area contributed by atoms with Gasteiger partial charge < -0.3 is 20.0 Å². The lowest BCUT2D eigenvalue weighted by Gasteiger charge is -2.48. The number of aryl methyl sites for hydroxylation is 1. The van der Waals surface area contributed by atoms with E-state index in [0.717, 1.165) is 57.5 Å². The predicted octanol–water partition coefficient (Wildman–Crippen LogP) is 1.35. The fraction of sp³-hybridized carbons (Fsp3) is 0.714. The van der Waals surface area contributed by atoms with Gasteiger partial charge in [-0.25, -0.2) is 0 Å². The lowest BCUT2D eigenvalue weighted by molar-refractivity contribution is -0.139. The largest absolute Gasteiger partial charge is 0.506 e. The van der Waals surface area contributed by atoms with Gasteiger partial charge in [-0.05, 0) is 46.8 Å². The number of aliphatic hydroxyl groups is 1. The summed E-state index contributed by atoms with van der Waals surface area (Å²) in [6.45, 7) is 6.66. The molecular formula is C21H34N4O3. The van der Waals surface area contributed by atoms with Crippen LogP contribution in [0.1, 0.15) is 42.5 Å². The number of likely N-dealkylation sites (N-methyl/N-ethyl adjacent to an activating group) is 1. The van der Waals surface area contributed by atoms with Crippen molar-refractivity contribution in [1.82, 2.24) is 19.7 Å². The van der Waals surface area contributed by atoms with E-state index in [1.165, 1.54) is 0 Å². The van der Waals surface area contributed by atoms with Crippen LogP contribution in [-0.4, -0.2) is 82.6 Å². The molecule has 1 spiro atoms. The van der Waals surface area contributed by atoms with Crippen molar-refractivity contribution < 1.29 is 15.0 Å². The van der Waals surface area contributed by atoms with Gasteiger partial charge in [0.2, 0.25) is 5.91 Å². The predicted molar refractivity (Wildman–Crippen MR) is 108 cm³/mol. The van der Waals surface area contributed by atoms with Crippen molar-refractivity contribution in [3.05, 3.63) is 23.0 Å². The van der Waals surface area contributed by atoms with Crippen LogP contribution < -0.4 is 0 Å². The molecule has 3 rings (SSSR count). The van der Waals surface area contributed by atoms with Gasteiger partial charge in [-0.1, -0.05) is 0 Å². The van der Waals surface area contributed by atoms with E-state index in [-0.39, 0.29) is 23.7 Å². The lowest BCUT2D eigenvalue weighted by atomic mass is 9.73. The van der Waals surface area contributed by atoms with Crippen LogP contribution in [0.25, 0.3) is 0 Å². The zero-order chi connectivity index (χ0) is 20.3. The van der Waals surface area contributed by atoms with Crippen LogP contribution in [0.3, 0.4) is 0 Å². The van der Waals surface area contributed by atoms with Crippen molar-refractivity contribution in [1.29, 1.82) is 0 Å². The number of carbonyl (C=O) groups is 1. The summed E-state index contributed by atoms with van der Waals surface area (Å²) in [7, 11) is 4.07. The van der Waals surface area contributed by atoms with Gasteiger partial charge in [0, 0.05) is 61.9 Å². The van der Waals surface area contributed by atoms with Gasteiger partial charge in [-0.3, -0.25) is 14.7 Å².